The molecule has 28 heavy (non-hydrogen) atoms. The third-order valence-corrected chi connectivity index (χ3v) is 4.78. The summed E-state index contributed by atoms with van der Waals surface area (Å²) in [5, 5.41) is 9.37. The van der Waals surface area contributed by atoms with Gasteiger partial charge in [-0.25, -0.2) is 9.59 Å². The number of carbonyl (C=O) groups is 2. The van der Waals surface area contributed by atoms with E-state index >= 15 is 0 Å². The Morgan fingerprint density at radius 1 is 1.32 bits per heavy atom. The molecule has 1 aliphatic rings. The smallest absolute Gasteiger partial charge is 0.338 e. The first-order chi connectivity index (χ1) is 13.5. The minimum Gasteiger partial charge on any atom is -0.467 e. The topological polar surface area (TPSA) is 92.6 Å². The van der Waals surface area contributed by atoms with Crippen molar-refractivity contribution in [3.05, 3.63) is 70.3 Å². The fourth-order valence-electron chi connectivity index (χ4n) is 3.07. The summed E-state index contributed by atoms with van der Waals surface area (Å²) < 4.78 is 10.6. The molecular formula is C20H22ClN3O4. The molecule has 1 aromatic carbocycles. The second kappa shape index (κ2) is 8.95. The van der Waals surface area contributed by atoms with Crippen molar-refractivity contribution in [2.45, 2.75) is 25.9 Å². The summed E-state index contributed by atoms with van der Waals surface area (Å²) in [5.41, 5.74) is 1.66. The lowest BCUT2D eigenvalue weighted by atomic mass is 9.99. The number of rotatable bonds is 7. The monoisotopic (exact) mass is 403 g/mol. The zero-order valence-corrected chi connectivity index (χ0v) is 16.4. The van der Waals surface area contributed by atoms with Crippen LogP contribution in [0, 0.1) is 0 Å². The zero-order chi connectivity index (χ0) is 20.1. The molecule has 0 bridgehead atoms. The van der Waals surface area contributed by atoms with Gasteiger partial charge in [0.25, 0.3) is 0 Å². The maximum Gasteiger partial charge on any atom is 0.338 e. The van der Waals surface area contributed by atoms with Gasteiger partial charge in [-0.2, -0.15) is 0 Å². The Balaban J connectivity index is 1.89. The van der Waals surface area contributed by atoms with Gasteiger partial charge in [0.15, 0.2) is 0 Å². The van der Waals surface area contributed by atoms with Crippen LogP contribution in [0.3, 0.4) is 0 Å². The molecule has 2 amide bonds. The van der Waals surface area contributed by atoms with Crippen molar-refractivity contribution >= 4 is 23.6 Å². The minimum absolute atomic E-state index is 0.0986. The van der Waals surface area contributed by atoms with Crippen LogP contribution < -0.4 is 16.0 Å². The Labute approximate surface area is 168 Å². The Morgan fingerprint density at radius 3 is 2.79 bits per heavy atom. The van der Waals surface area contributed by atoms with Crippen molar-refractivity contribution in [2.75, 3.05) is 13.2 Å². The molecule has 2 unspecified atom stereocenters. The van der Waals surface area contributed by atoms with Gasteiger partial charge in [-0.15, -0.1) is 0 Å². The van der Waals surface area contributed by atoms with Gasteiger partial charge >= 0.3 is 12.0 Å². The highest BCUT2D eigenvalue weighted by molar-refractivity contribution is 6.31. The van der Waals surface area contributed by atoms with Crippen molar-refractivity contribution in [1.29, 1.82) is 0 Å². The van der Waals surface area contributed by atoms with Gasteiger partial charge in [0.1, 0.15) is 11.8 Å². The van der Waals surface area contributed by atoms with Crippen LogP contribution in [0.25, 0.3) is 0 Å². The van der Waals surface area contributed by atoms with Gasteiger partial charge in [-0.3, -0.25) is 0 Å². The average molecular weight is 404 g/mol. The lowest BCUT2D eigenvalue weighted by molar-refractivity contribution is -0.139. The second-order valence-corrected chi connectivity index (χ2v) is 6.69. The van der Waals surface area contributed by atoms with Gasteiger partial charge in [0, 0.05) is 23.3 Å². The van der Waals surface area contributed by atoms with Crippen LogP contribution in [0.15, 0.2) is 58.3 Å². The number of nitrogens with one attached hydrogen (secondary N) is 3. The van der Waals surface area contributed by atoms with E-state index in [1.807, 2.05) is 31.2 Å². The molecule has 2 aromatic rings. The van der Waals surface area contributed by atoms with E-state index in [-0.39, 0.29) is 19.2 Å². The zero-order valence-electron chi connectivity index (χ0n) is 15.6. The van der Waals surface area contributed by atoms with Crippen LogP contribution in [0.5, 0.6) is 0 Å². The lowest BCUT2D eigenvalue weighted by Gasteiger charge is -2.28. The molecule has 0 saturated carbocycles. The number of ether oxygens (including phenoxy) is 1. The van der Waals surface area contributed by atoms with Crippen LogP contribution in [0.4, 0.5) is 4.79 Å². The van der Waals surface area contributed by atoms with Gasteiger partial charge in [-0.1, -0.05) is 29.8 Å². The molecule has 0 saturated heterocycles. The number of urea groups is 1. The highest BCUT2D eigenvalue weighted by Crippen LogP contribution is 2.28. The van der Waals surface area contributed by atoms with Gasteiger partial charge in [-0.05, 0) is 37.6 Å². The predicted molar refractivity (Wildman–Crippen MR) is 105 cm³/mol. The van der Waals surface area contributed by atoms with E-state index < -0.39 is 18.0 Å². The molecule has 1 aromatic heterocycles. The average Bonchev–Trinajstić information content (AvgIpc) is 3.20. The Kier molecular flexibility index (Phi) is 6.38. The molecule has 3 N–H and O–H groups in total. The summed E-state index contributed by atoms with van der Waals surface area (Å²) in [7, 11) is 0. The summed E-state index contributed by atoms with van der Waals surface area (Å²) in [4.78, 5) is 24.8. The third-order valence-electron chi connectivity index (χ3n) is 4.43. The Hall–Kier alpha value is -2.77. The van der Waals surface area contributed by atoms with Crippen molar-refractivity contribution < 1.29 is 18.7 Å². The molecule has 0 spiro atoms. The minimum atomic E-state index is -0.727. The quantitative estimate of drug-likeness (QED) is 0.616. The number of halogens is 1. The maximum absolute atomic E-state index is 12.6. The van der Waals surface area contributed by atoms with Gasteiger partial charge in [0.05, 0.1) is 18.4 Å². The summed E-state index contributed by atoms with van der Waals surface area (Å²) in [6.45, 7) is 4.15. The first-order valence-electron chi connectivity index (χ1n) is 9.00. The number of hydrogen-bond donors (Lipinski definition) is 3. The van der Waals surface area contributed by atoms with Gasteiger partial charge in [0.2, 0.25) is 0 Å². The van der Waals surface area contributed by atoms with E-state index in [0.717, 1.165) is 5.56 Å². The molecule has 0 fully saturated rings. The van der Waals surface area contributed by atoms with E-state index in [1.54, 1.807) is 19.1 Å². The SMILES string of the molecule is CCOC(=O)C1=C(CNC(C)c2ccccc2Cl)NC(=O)NC1c1ccco1. The highest BCUT2D eigenvalue weighted by atomic mass is 35.5. The van der Waals surface area contributed by atoms with Crippen molar-refractivity contribution in [1.82, 2.24) is 16.0 Å². The van der Waals surface area contributed by atoms with Crippen LogP contribution in [-0.2, 0) is 9.53 Å². The summed E-state index contributed by atoms with van der Waals surface area (Å²) in [6, 6.07) is 9.66. The second-order valence-electron chi connectivity index (χ2n) is 6.28. The molecule has 7 nitrogen and oxygen atoms in total. The highest BCUT2D eigenvalue weighted by Gasteiger charge is 2.35. The lowest BCUT2D eigenvalue weighted by Crippen LogP contribution is -2.48. The van der Waals surface area contributed by atoms with Crippen molar-refractivity contribution in [2.24, 2.45) is 0 Å². The van der Waals surface area contributed by atoms with E-state index in [1.165, 1.54) is 6.26 Å². The Bertz CT molecular complexity index is 879. The fraction of sp³-hybridized carbons (Fsp3) is 0.300. The Morgan fingerprint density at radius 2 is 2.11 bits per heavy atom. The standard InChI is InChI=1S/C20H22ClN3O4/c1-3-27-19(25)17-15(11-22-12(2)13-7-4-5-8-14(13)21)23-20(26)24-18(17)16-9-6-10-28-16/h4-10,12,18,22H,3,11H2,1-2H3,(H2,23,24,26). The molecule has 3 rings (SSSR count). The van der Waals surface area contributed by atoms with Crippen LogP contribution in [-0.4, -0.2) is 25.2 Å². The largest absolute Gasteiger partial charge is 0.467 e. The predicted octanol–water partition coefficient (Wildman–Crippen LogP) is 3.45. The summed E-state index contributed by atoms with van der Waals surface area (Å²) in [5.74, 6) is -0.0619. The van der Waals surface area contributed by atoms with Crippen LogP contribution in [0.1, 0.15) is 37.3 Å². The molecule has 0 radical (unpaired) electrons. The normalized spacial score (nSPS) is 17.7. The number of carbonyl (C=O) groups excluding carboxylic acids is 2. The molecule has 2 heterocycles. The van der Waals surface area contributed by atoms with E-state index in [2.05, 4.69) is 16.0 Å². The molecular weight excluding hydrogens is 382 g/mol. The van der Waals surface area contributed by atoms with E-state index in [0.29, 0.717) is 22.1 Å². The summed E-state index contributed by atoms with van der Waals surface area (Å²) in [6.07, 6.45) is 1.49. The van der Waals surface area contributed by atoms with Gasteiger partial charge < -0.3 is 25.1 Å². The first-order valence-corrected chi connectivity index (χ1v) is 9.38. The number of benzene rings is 1. The number of hydrogen-bond acceptors (Lipinski definition) is 5. The fourth-order valence-corrected chi connectivity index (χ4v) is 3.37. The van der Waals surface area contributed by atoms with Crippen molar-refractivity contribution in [3.8, 4) is 0 Å². The molecule has 0 aliphatic carbocycles. The number of esters is 1. The van der Waals surface area contributed by atoms with Crippen molar-refractivity contribution in [3.63, 3.8) is 0 Å². The van der Waals surface area contributed by atoms with Crippen LogP contribution in [0.2, 0.25) is 5.02 Å². The third kappa shape index (κ3) is 4.37. The number of amides is 2. The summed E-state index contributed by atoms with van der Waals surface area (Å²) >= 11 is 6.26. The molecule has 2 atom stereocenters. The molecule has 148 valence electrons. The first kappa shape index (κ1) is 20.0. The maximum atomic E-state index is 12.6. The number of furan rings is 1. The molecule has 1 aliphatic heterocycles. The van der Waals surface area contributed by atoms with E-state index in [9.17, 15) is 9.59 Å². The molecule has 8 heteroatoms. The van der Waals surface area contributed by atoms with Crippen LogP contribution >= 0.6 is 11.6 Å². The van der Waals surface area contributed by atoms with E-state index in [4.69, 9.17) is 20.8 Å².